The summed E-state index contributed by atoms with van der Waals surface area (Å²) in [6.07, 6.45) is 1.20. The van der Waals surface area contributed by atoms with Gasteiger partial charge in [-0.1, -0.05) is 42.1 Å². The first-order valence-electron chi connectivity index (χ1n) is 7.00. The molecular weight excluding hydrogens is 250 g/mol. The van der Waals surface area contributed by atoms with Gasteiger partial charge in [-0.25, -0.2) is 0 Å². The molecule has 0 bridgehead atoms. The quantitative estimate of drug-likeness (QED) is 0.769. The lowest BCUT2D eigenvalue weighted by molar-refractivity contribution is -0.897. The standard InChI is InChI=1S/C17H17NS/c1-18-10-13-6-4-8-16-17(13)14(11-18)9-12-5-2-3-7-15(12)19-16/h2-8,14H,9-11H2,1H3/p+1/t14-/m0/s1. The number of hydrogen-bond acceptors (Lipinski definition) is 1. The van der Waals surface area contributed by atoms with Crippen LogP contribution in [0.15, 0.2) is 52.3 Å². The van der Waals surface area contributed by atoms with Crippen molar-refractivity contribution in [3.63, 3.8) is 0 Å². The highest BCUT2D eigenvalue weighted by atomic mass is 32.2. The van der Waals surface area contributed by atoms with Crippen molar-refractivity contribution in [2.24, 2.45) is 0 Å². The van der Waals surface area contributed by atoms with Crippen molar-refractivity contribution in [2.75, 3.05) is 13.6 Å². The lowest BCUT2D eigenvalue weighted by atomic mass is 9.85. The smallest absolute Gasteiger partial charge is 0.103 e. The van der Waals surface area contributed by atoms with E-state index in [0.29, 0.717) is 5.92 Å². The van der Waals surface area contributed by atoms with Crippen LogP contribution in [0.3, 0.4) is 0 Å². The first kappa shape index (κ1) is 11.6. The van der Waals surface area contributed by atoms with Gasteiger partial charge in [0.05, 0.1) is 13.6 Å². The van der Waals surface area contributed by atoms with Crippen LogP contribution in [0.5, 0.6) is 0 Å². The van der Waals surface area contributed by atoms with Crippen molar-refractivity contribution in [2.45, 2.75) is 28.7 Å². The SMILES string of the molecule is C[NH+]1Cc2cccc3c2[C@@H](Cc2ccccc2S3)C1. The van der Waals surface area contributed by atoms with Crippen molar-refractivity contribution in [3.05, 3.63) is 59.2 Å². The lowest BCUT2D eigenvalue weighted by Crippen LogP contribution is -3.09. The fourth-order valence-corrected chi connectivity index (χ4v) is 4.77. The number of rotatable bonds is 0. The van der Waals surface area contributed by atoms with Gasteiger partial charge in [0.2, 0.25) is 0 Å². The van der Waals surface area contributed by atoms with Gasteiger partial charge in [-0.05, 0) is 29.7 Å². The second-order valence-corrected chi connectivity index (χ2v) is 6.86. The molecule has 4 rings (SSSR count). The van der Waals surface area contributed by atoms with E-state index in [0.717, 1.165) is 0 Å². The van der Waals surface area contributed by atoms with Crippen LogP contribution in [0.1, 0.15) is 22.6 Å². The third-order valence-corrected chi connectivity index (χ3v) is 5.50. The van der Waals surface area contributed by atoms with Crippen LogP contribution >= 0.6 is 11.8 Å². The van der Waals surface area contributed by atoms with Gasteiger partial charge in [0.25, 0.3) is 0 Å². The molecule has 2 aliphatic heterocycles. The van der Waals surface area contributed by atoms with E-state index in [1.54, 1.807) is 16.0 Å². The lowest BCUT2D eigenvalue weighted by Gasteiger charge is -2.30. The van der Waals surface area contributed by atoms with Crippen LogP contribution in [0.4, 0.5) is 0 Å². The van der Waals surface area contributed by atoms with E-state index in [-0.39, 0.29) is 0 Å². The minimum Gasteiger partial charge on any atom is -0.333 e. The molecule has 0 saturated heterocycles. The van der Waals surface area contributed by atoms with Gasteiger partial charge in [-0.15, -0.1) is 0 Å². The number of nitrogens with one attached hydrogen (secondary N) is 1. The van der Waals surface area contributed by atoms with Gasteiger partial charge in [0.1, 0.15) is 6.54 Å². The van der Waals surface area contributed by atoms with Crippen molar-refractivity contribution < 1.29 is 4.90 Å². The molecule has 2 heterocycles. The summed E-state index contributed by atoms with van der Waals surface area (Å²) in [4.78, 5) is 4.57. The number of hydrogen-bond donors (Lipinski definition) is 1. The number of quaternary nitrogens is 1. The summed E-state index contributed by atoms with van der Waals surface area (Å²) in [7, 11) is 2.32. The minimum absolute atomic E-state index is 0.691. The highest BCUT2D eigenvalue weighted by Gasteiger charge is 2.31. The molecule has 0 spiro atoms. The van der Waals surface area contributed by atoms with Gasteiger partial charge < -0.3 is 4.90 Å². The maximum atomic E-state index is 2.32. The Morgan fingerprint density at radius 2 is 1.79 bits per heavy atom. The molecule has 0 fully saturated rings. The van der Waals surface area contributed by atoms with Crippen LogP contribution in [0.25, 0.3) is 0 Å². The molecule has 0 saturated carbocycles. The first-order chi connectivity index (χ1) is 9.31. The molecule has 2 aliphatic rings. The zero-order valence-electron chi connectivity index (χ0n) is 11.1. The topological polar surface area (TPSA) is 4.44 Å². The van der Waals surface area contributed by atoms with Crippen molar-refractivity contribution >= 4 is 11.8 Å². The molecule has 19 heavy (non-hydrogen) atoms. The summed E-state index contributed by atoms with van der Waals surface area (Å²) in [5.41, 5.74) is 4.72. The van der Waals surface area contributed by atoms with Crippen molar-refractivity contribution in [3.8, 4) is 0 Å². The number of fused-ring (bicyclic) bond motifs is 1. The van der Waals surface area contributed by atoms with Crippen LogP contribution in [0, 0.1) is 0 Å². The largest absolute Gasteiger partial charge is 0.333 e. The Bertz CT molecular complexity index is 635. The molecule has 2 atom stereocenters. The van der Waals surface area contributed by atoms with Crippen molar-refractivity contribution in [1.82, 2.24) is 0 Å². The fourth-order valence-electron chi connectivity index (χ4n) is 3.55. The maximum absolute atomic E-state index is 2.32. The molecule has 0 amide bonds. The summed E-state index contributed by atoms with van der Waals surface area (Å²) in [6.45, 7) is 2.44. The van der Waals surface area contributed by atoms with Gasteiger partial charge >= 0.3 is 0 Å². The normalized spacial score (nSPS) is 24.3. The average molecular weight is 268 g/mol. The van der Waals surface area contributed by atoms with Crippen LogP contribution in [-0.4, -0.2) is 13.6 Å². The highest BCUT2D eigenvalue weighted by Crippen LogP contribution is 2.43. The highest BCUT2D eigenvalue weighted by molar-refractivity contribution is 7.99. The maximum Gasteiger partial charge on any atom is 0.103 e. The van der Waals surface area contributed by atoms with E-state index in [2.05, 4.69) is 49.5 Å². The summed E-state index contributed by atoms with van der Waals surface area (Å²) in [5.74, 6) is 0.691. The molecule has 0 radical (unpaired) electrons. The molecule has 2 aromatic rings. The van der Waals surface area contributed by atoms with E-state index in [1.165, 1.54) is 34.9 Å². The van der Waals surface area contributed by atoms with E-state index < -0.39 is 0 Å². The summed E-state index contributed by atoms with van der Waals surface area (Å²) >= 11 is 1.96. The Kier molecular flexibility index (Phi) is 2.68. The van der Waals surface area contributed by atoms with Crippen molar-refractivity contribution in [1.29, 1.82) is 0 Å². The Morgan fingerprint density at radius 3 is 2.74 bits per heavy atom. The molecule has 0 aliphatic carbocycles. The summed E-state index contributed by atoms with van der Waals surface area (Å²) in [5, 5.41) is 0. The predicted molar refractivity (Wildman–Crippen MR) is 78.9 cm³/mol. The molecular formula is C17H18NS+. The van der Waals surface area contributed by atoms with E-state index >= 15 is 0 Å². The molecule has 1 N–H and O–H groups in total. The number of likely N-dealkylation sites (N-methyl/N-ethyl adjacent to an activating group) is 1. The van der Waals surface area contributed by atoms with Gasteiger partial charge in [-0.3, -0.25) is 0 Å². The Balaban J connectivity index is 1.91. The third-order valence-electron chi connectivity index (χ3n) is 4.31. The van der Waals surface area contributed by atoms with Gasteiger partial charge in [-0.2, -0.15) is 0 Å². The fraction of sp³-hybridized carbons (Fsp3) is 0.294. The molecule has 0 aromatic heterocycles. The average Bonchev–Trinajstić information content (AvgIpc) is 2.55. The van der Waals surface area contributed by atoms with Gasteiger partial charge in [0.15, 0.2) is 0 Å². The second-order valence-electron chi connectivity index (χ2n) is 5.78. The Morgan fingerprint density at radius 1 is 1.00 bits per heavy atom. The zero-order chi connectivity index (χ0) is 12.8. The zero-order valence-corrected chi connectivity index (χ0v) is 12.0. The second kappa shape index (κ2) is 4.39. The molecule has 96 valence electrons. The van der Waals surface area contributed by atoms with E-state index in [9.17, 15) is 0 Å². The molecule has 1 nitrogen and oxygen atoms in total. The monoisotopic (exact) mass is 268 g/mol. The van der Waals surface area contributed by atoms with Crippen LogP contribution < -0.4 is 4.90 Å². The minimum atomic E-state index is 0.691. The van der Waals surface area contributed by atoms with Crippen LogP contribution in [0.2, 0.25) is 0 Å². The first-order valence-corrected chi connectivity index (χ1v) is 7.82. The summed E-state index contributed by atoms with van der Waals surface area (Å²) in [6, 6.07) is 15.8. The molecule has 1 unspecified atom stereocenters. The predicted octanol–water partition coefficient (Wildman–Crippen LogP) is 2.51. The molecule has 2 heteroatoms. The van der Waals surface area contributed by atoms with Gasteiger partial charge in [0, 0.05) is 21.3 Å². The number of benzene rings is 2. The summed E-state index contributed by atoms with van der Waals surface area (Å²) < 4.78 is 0. The van der Waals surface area contributed by atoms with E-state index in [1.807, 2.05) is 11.8 Å². The van der Waals surface area contributed by atoms with Crippen LogP contribution in [-0.2, 0) is 13.0 Å². The Hall–Kier alpha value is -1.25. The molecule has 2 aromatic carbocycles. The third kappa shape index (κ3) is 1.90. The van der Waals surface area contributed by atoms with E-state index in [4.69, 9.17) is 0 Å². The Labute approximate surface area is 118 Å².